The minimum absolute atomic E-state index is 0. The smallest absolute Gasteiger partial charge is 0.151 e. The van der Waals surface area contributed by atoms with Gasteiger partial charge >= 0.3 is 0 Å². The van der Waals surface area contributed by atoms with E-state index in [0.717, 1.165) is 21.2 Å². The molecule has 0 amide bonds. The van der Waals surface area contributed by atoms with Crippen molar-refractivity contribution in [3.05, 3.63) is 33.1 Å². The van der Waals surface area contributed by atoms with Crippen LogP contribution < -0.4 is 15.8 Å². The number of morpholine rings is 1. The Morgan fingerprint density at radius 2 is 2.17 bits per heavy atom. The zero-order chi connectivity index (χ0) is 12.3. The Morgan fingerprint density at radius 3 is 2.83 bits per heavy atom. The third-order valence-electron chi connectivity index (χ3n) is 2.24. The number of hydrogen-bond donors (Lipinski definition) is 2. The highest BCUT2D eigenvalue weighted by atomic mass is 79.9. The van der Waals surface area contributed by atoms with Crippen LogP contribution in [0.2, 0.25) is 0 Å². The van der Waals surface area contributed by atoms with Gasteiger partial charge in [0, 0.05) is 15.5 Å². The van der Waals surface area contributed by atoms with Gasteiger partial charge in [-0.3, -0.25) is 0 Å². The van der Waals surface area contributed by atoms with Crippen molar-refractivity contribution in [2.24, 2.45) is 0 Å². The van der Waals surface area contributed by atoms with Crippen LogP contribution in [0, 0.1) is 0 Å². The summed E-state index contributed by atoms with van der Waals surface area (Å²) in [7, 11) is 0. The second-order valence-electron chi connectivity index (χ2n) is 3.53. The molecule has 0 bridgehead atoms. The van der Waals surface area contributed by atoms with Crippen LogP contribution in [0.5, 0.6) is 5.75 Å². The van der Waals surface area contributed by atoms with Crippen molar-refractivity contribution in [2.45, 2.75) is 0 Å². The second kappa shape index (κ2) is 7.23. The molecular formula is C11H13Br2ClN2O2. The van der Waals surface area contributed by atoms with Crippen LogP contribution in [0.1, 0.15) is 0 Å². The molecule has 4 nitrogen and oxygen atoms in total. The van der Waals surface area contributed by atoms with Gasteiger partial charge < -0.3 is 20.5 Å². The minimum Gasteiger partial charge on any atom is -0.492 e. The standard InChI is InChI=1S/C11H12Br2N2O2.ClH/c12-7-3-9(13)11(14)10(4-7)17-6-8-5-15-1-2-16-8;/h3-4,6,15H,1-2,5,14H2;1H. The van der Waals surface area contributed by atoms with E-state index in [2.05, 4.69) is 37.2 Å². The summed E-state index contributed by atoms with van der Waals surface area (Å²) >= 11 is 6.75. The van der Waals surface area contributed by atoms with E-state index in [1.165, 1.54) is 0 Å². The predicted molar refractivity (Wildman–Crippen MR) is 81.0 cm³/mol. The molecule has 100 valence electrons. The van der Waals surface area contributed by atoms with Crippen molar-refractivity contribution >= 4 is 50.0 Å². The van der Waals surface area contributed by atoms with Gasteiger partial charge in [-0.15, -0.1) is 12.4 Å². The quantitative estimate of drug-likeness (QED) is 0.592. The van der Waals surface area contributed by atoms with E-state index < -0.39 is 0 Å². The Balaban J connectivity index is 0.00000162. The maximum Gasteiger partial charge on any atom is 0.151 e. The highest BCUT2D eigenvalue weighted by molar-refractivity contribution is 9.11. The van der Waals surface area contributed by atoms with Gasteiger partial charge in [-0.05, 0) is 28.1 Å². The highest BCUT2D eigenvalue weighted by Gasteiger charge is 2.08. The Kier molecular flexibility index (Phi) is 6.28. The summed E-state index contributed by atoms with van der Waals surface area (Å²) in [6, 6.07) is 3.68. The van der Waals surface area contributed by atoms with E-state index in [4.69, 9.17) is 15.2 Å². The maximum atomic E-state index is 5.89. The molecule has 1 aliphatic rings. The molecule has 18 heavy (non-hydrogen) atoms. The predicted octanol–water partition coefficient (Wildman–Crippen LogP) is 3.06. The first-order valence-electron chi connectivity index (χ1n) is 5.10. The molecule has 3 N–H and O–H groups in total. The Hall–Kier alpha value is -0.430. The molecule has 0 radical (unpaired) electrons. The lowest BCUT2D eigenvalue weighted by Crippen LogP contribution is -2.29. The first-order chi connectivity index (χ1) is 8.16. The molecule has 1 aliphatic heterocycles. The largest absolute Gasteiger partial charge is 0.492 e. The number of ether oxygens (including phenoxy) is 2. The average Bonchev–Trinajstić information content (AvgIpc) is 2.33. The zero-order valence-corrected chi connectivity index (χ0v) is 13.4. The monoisotopic (exact) mass is 398 g/mol. The number of rotatable bonds is 2. The average molecular weight is 400 g/mol. The fourth-order valence-corrected chi connectivity index (χ4v) is 2.57. The Labute approximate surface area is 129 Å². The van der Waals surface area contributed by atoms with E-state index in [-0.39, 0.29) is 12.4 Å². The first-order valence-corrected chi connectivity index (χ1v) is 6.69. The molecule has 1 aromatic carbocycles. The highest BCUT2D eigenvalue weighted by Crippen LogP contribution is 2.33. The Morgan fingerprint density at radius 1 is 1.39 bits per heavy atom. The van der Waals surface area contributed by atoms with Crippen LogP contribution in [0.4, 0.5) is 5.69 Å². The van der Waals surface area contributed by atoms with Crippen molar-refractivity contribution in [3.8, 4) is 5.75 Å². The molecule has 1 fully saturated rings. The van der Waals surface area contributed by atoms with Crippen LogP contribution >= 0.6 is 44.3 Å². The third-order valence-corrected chi connectivity index (χ3v) is 3.35. The van der Waals surface area contributed by atoms with Gasteiger partial charge in [0.25, 0.3) is 0 Å². The van der Waals surface area contributed by atoms with Gasteiger partial charge in [-0.2, -0.15) is 0 Å². The number of nitrogens with two attached hydrogens (primary N) is 1. The topological polar surface area (TPSA) is 56.5 Å². The van der Waals surface area contributed by atoms with Gasteiger partial charge in [0.05, 0.1) is 12.2 Å². The fraction of sp³-hybridized carbons (Fsp3) is 0.273. The van der Waals surface area contributed by atoms with Crippen molar-refractivity contribution in [2.75, 3.05) is 25.4 Å². The maximum absolute atomic E-state index is 5.89. The van der Waals surface area contributed by atoms with Crippen molar-refractivity contribution in [1.29, 1.82) is 0 Å². The van der Waals surface area contributed by atoms with Gasteiger partial charge in [0.1, 0.15) is 18.6 Å². The summed E-state index contributed by atoms with van der Waals surface area (Å²) in [4.78, 5) is 0. The molecule has 0 spiro atoms. The van der Waals surface area contributed by atoms with Gasteiger partial charge in [-0.25, -0.2) is 0 Å². The lowest BCUT2D eigenvalue weighted by atomic mass is 10.3. The van der Waals surface area contributed by atoms with Crippen LogP contribution in [-0.4, -0.2) is 19.7 Å². The molecular weight excluding hydrogens is 387 g/mol. The Bertz CT molecular complexity index is 447. The second-order valence-corrected chi connectivity index (χ2v) is 5.30. The van der Waals surface area contributed by atoms with Crippen molar-refractivity contribution in [3.63, 3.8) is 0 Å². The first kappa shape index (κ1) is 15.6. The van der Waals surface area contributed by atoms with Crippen LogP contribution in [0.25, 0.3) is 0 Å². The number of nitrogen functional groups attached to an aromatic ring is 1. The summed E-state index contributed by atoms with van der Waals surface area (Å²) in [5.41, 5.74) is 6.45. The fourth-order valence-electron chi connectivity index (χ4n) is 1.38. The number of nitrogens with one attached hydrogen (secondary N) is 1. The summed E-state index contributed by atoms with van der Waals surface area (Å²) in [6.07, 6.45) is 1.58. The van der Waals surface area contributed by atoms with Crippen LogP contribution in [0.3, 0.4) is 0 Å². The van der Waals surface area contributed by atoms with E-state index in [9.17, 15) is 0 Å². The third kappa shape index (κ3) is 4.05. The molecule has 1 saturated heterocycles. The van der Waals surface area contributed by atoms with E-state index >= 15 is 0 Å². The molecule has 0 aromatic heterocycles. The van der Waals surface area contributed by atoms with E-state index in [1.807, 2.05) is 12.1 Å². The number of hydrogen-bond acceptors (Lipinski definition) is 4. The normalized spacial score (nSPS) is 16.9. The SMILES string of the molecule is Cl.Nc1c(Br)cc(Br)cc1OC=C1CNCCO1. The molecule has 0 unspecified atom stereocenters. The zero-order valence-electron chi connectivity index (χ0n) is 9.41. The summed E-state index contributed by atoms with van der Waals surface area (Å²) in [5.74, 6) is 1.36. The van der Waals surface area contributed by atoms with Gasteiger partial charge in [0.15, 0.2) is 5.75 Å². The molecule has 2 rings (SSSR count). The van der Waals surface area contributed by atoms with Crippen molar-refractivity contribution < 1.29 is 9.47 Å². The van der Waals surface area contributed by atoms with Crippen LogP contribution in [0.15, 0.2) is 33.1 Å². The minimum atomic E-state index is 0. The molecule has 0 aliphatic carbocycles. The summed E-state index contributed by atoms with van der Waals surface area (Å²) in [6.45, 7) is 2.20. The van der Waals surface area contributed by atoms with E-state index in [0.29, 0.717) is 24.6 Å². The molecule has 0 saturated carbocycles. The summed E-state index contributed by atoms with van der Waals surface area (Å²) < 4.78 is 12.6. The summed E-state index contributed by atoms with van der Waals surface area (Å²) in [5, 5.41) is 3.19. The lowest BCUT2D eigenvalue weighted by molar-refractivity contribution is 0.168. The van der Waals surface area contributed by atoms with E-state index in [1.54, 1.807) is 6.26 Å². The molecule has 1 heterocycles. The van der Waals surface area contributed by atoms with Crippen LogP contribution in [-0.2, 0) is 4.74 Å². The molecule has 0 atom stereocenters. The van der Waals surface area contributed by atoms with Gasteiger partial charge in [-0.1, -0.05) is 15.9 Å². The molecule has 7 heteroatoms. The van der Waals surface area contributed by atoms with Gasteiger partial charge in [0.2, 0.25) is 0 Å². The number of benzene rings is 1. The number of anilines is 1. The molecule has 1 aromatic rings. The lowest BCUT2D eigenvalue weighted by Gasteiger charge is -2.17. The van der Waals surface area contributed by atoms with Crippen molar-refractivity contribution in [1.82, 2.24) is 5.32 Å². The number of halogens is 3.